The van der Waals surface area contributed by atoms with Crippen molar-refractivity contribution >= 4 is 30.5 Å². The zero-order valence-electron chi connectivity index (χ0n) is 9.03. The number of nitrogens with two attached hydrogens (primary N) is 1. The molecule has 0 aliphatic rings. The lowest BCUT2D eigenvalue weighted by atomic mass is 10.4. The van der Waals surface area contributed by atoms with E-state index >= 15 is 0 Å². The van der Waals surface area contributed by atoms with Crippen LogP contribution in [-0.4, -0.2) is 36.9 Å². The van der Waals surface area contributed by atoms with Crippen molar-refractivity contribution in [2.45, 2.75) is 6.54 Å². The van der Waals surface area contributed by atoms with Crippen molar-refractivity contribution in [2.24, 2.45) is 0 Å². The number of anilines is 1. The minimum atomic E-state index is -1.02. The van der Waals surface area contributed by atoms with Crippen LogP contribution in [0.2, 0.25) is 0 Å². The molecule has 0 aliphatic carbocycles. The molecule has 9 heteroatoms. The summed E-state index contributed by atoms with van der Waals surface area (Å²) in [5.41, 5.74) is 6.34. The number of aromatic amines is 1. The number of halogens is 1. The van der Waals surface area contributed by atoms with Crippen LogP contribution in [-0.2, 0) is 11.3 Å². The van der Waals surface area contributed by atoms with Crippen LogP contribution in [0.1, 0.15) is 10.5 Å². The lowest BCUT2D eigenvalue weighted by molar-refractivity contribution is -0.137. The van der Waals surface area contributed by atoms with Gasteiger partial charge in [-0.05, 0) is 0 Å². The second-order valence-corrected chi connectivity index (χ2v) is 3.31. The average molecular weight is 272 g/mol. The number of aromatic nitrogens is 4. The lowest BCUT2D eigenvalue weighted by Gasteiger charge is -2.00. The number of carboxylic acids is 1. The van der Waals surface area contributed by atoms with Gasteiger partial charge in [0.1, 0.15) is 18.1 Å². The number of H-pyrrole nitrogens is 1. The van der Waals surface area contributed by atoms with Gasteiger partial charge in [0.05, 0.1) is 18.2 Å². The molecule has 0 radical (unpaired) electrons. The summed E-state index contributed by atoms with van der Waals surface area (Å²) >= 11 is 0. The number of nitrogens with one attached hydrogen (secondary N) is 1. The average Bonchev–Trinajstić information content (AvgIpc) is 2.86. The van der Waals surface area contributed by atoms with Crippen LogP contribution in [0.3, 0.4) is 0 Å². The van der Waals surface area contributed by atoms with Gasteiger partial charge in [-0.2, -0.15) is 0 Å². The maximum atomic E-state index is 10.5. The standard InChI is InChI=1S/C9H9N5O3.ClH/c10-8-7(9-11-1-5(3-15)13-9)12-4-14(8)2-6(16)17;/h1,3-4H,2,10H2,(H,11,13)(H,16,17);1H. The van der Waals surface area contributed by atoms with E-state index in [-0.39, 0.29) is 24.8 Å². The van der Waals surface area contributed by atoms with Gasteiger partial charge < -0.3 is 20.4 Å². The Labute approximate surface area is 107 Å². The molecule has 4 N–H and O–H groups in total. The third kappa shape index (κ3) is 2.48. The fourth-order valence-electron chi connectivity index (χ4n) is 1.36. The van der Waals surface area contributed by atoms with Crippen LogP contribution in [0.25, 0.3) is 11.5 Å². The molecule has 96 valence electrons. The molecule has 0 saturated heterocycles. The molecule has 18 heavy (non-hydrogen) atoms. The molecule has 2 aromatic rings. The van der Waals surface area contributed by atoms with E-state index in [0.29, 0.717) is 23.5 Å². The molecular weight excluding hydrogens is 262 g/mol. The Morgan fingerprint density at radius 3 is 2.83 bits per heavy atom. The third-order valence-corrected chi connectivity index (χ3v) is 2.13. The molecule has 2 heterocycles. The van der Waals surface area contributed by atoms with Crippen LogP contribution in [0.15, 0.2) is 12.5 Å². The Bertz CT molecular complexity index is 577. The molecule has 8 nitrogen and oxygen atoms in total. The number of imidazole rings is 2. The number of rotatable bonds is 4. The highest BCUT2D eigenvalue weighted by Gasteiger charge is 2.14. The van der Waals surface area contributed by atoms with Crippen LogP contribution < -0.4 is 5.73 Å². The maximum Gasteiger partial charge on any atom is 0.323 e. The van der Waals surface area contributed by atoms with Gasteiger partial charge in [-0.15, -0.1) is 12.4 Å². The highest BCUT2D eigenvalue weighted by atomic mass is 35.5. The first-order valence-corrected chi connectivity index (χ1v) is 4.64. The fourth-order valence-corrected chi connectivity index (χ4v) is 1.36. The summed E-state index contributed by atoms with van der Waals surface area (Å²) in [6, 6.07) is 0. The van der Waals surface area contributed by atoms with Crippen LogP contribution in [0.4, 0.5) is 5.82 Å². The van der Waals surface area contributed by atoms with Gasteiger partial charge in [0.2, 0.25) is 0 Å². The first kappa shape index (κ1) is 13.7. The quantitative estimate of drug-likeness (QED) is 0.681. The van der Waals surface area contributed by atoms with E-state index < -0.39 is 5.97 Å². The summed E-state index contributed by atoms with van der Waals surface area (Å²) in [6.07, 6.45) is 3.26. The Balaban J connectivity index is 0.00000162. The zero-order chi connectivity index (χ0) is 12.4. The molecule has 0 fully saturated rings. The minimum Gasteiger partial charge on any atom is -0.480 e. The number of nitrogens with zero attached hydrogens (tertiary/aromatic N) is 3. The predicted octanol–water partition coefficient (Wildman–Crippen LogP) is 0.174. The number of hydrogen-bond donors (Lipinski definition) is 3. The SMILES string of the molecule is Cl.Nc1c(-c2ncc(C=O)[nH]2)ncn1CC(=O)O. The van der Waals surface area contributed by atoms with Crippen molar-refractivity contribution in [1.82, 2.24) is 19.5 Å². The Morgan fingerprint density at radius 1 is 1.56 bits per heavy atom. The van der Waals surface area contributed by atoms with E-state index in [1.165, 1.54) is 17.1 Å². The van der Waals surface area contributed by atoms with E-state index in [0.717, 1.165) is 0 Å². The summed E-state index contributed by atoms with van der Waals surface area (Å²) < 4.78 is 1.28. The molecule has 2 aromatic heterocycles. The molecule has 0 spiro atoms. The Hall–Kier alpha value is -2.35. The second-order valence-electron chi connectivity index (χ2n) is 3.31. The van der Waals surface area contributed by atoms with Crippen molar-refractivity contribution in [2.75, 3.05) is 5.73 Å². The van der Waals surface area contributed by atoms with Crippen molar-refractivity contribution < 1.29 is 14.7 Å². The van der Waals surface area contributed by atoms with E-state index in [4.69, 9.17) is 10.8 Å². The number of carbonyl (C=O) groups excluding carboxylic acids is 1. The summed E-state index contributed by atoms with van der Waals surface area (Å²) in [5, 5.41) is 8.64. The topological polar surface area (TPSA) is 127 Å². The zero-order valence-corrected chi connectivity index (χ0v) is 9.85. The maximum absolute atomic E-state index is 10.5. The Morgan fingerprint density at radius 2 is 2.28 bits per heavy atom. The minimum absolute atomic E-state index is 0. The summed E-state index contributed by atoms with van der Waals surface area (Å²) in [7, 11) is 0. The second kappa shape index (κ2) is 5.32. The van der Waals surface area contributed by atoms with Gasteiger partial charge in [-0.3, -0.25) is 9.59 Å². The number of carbonyl (C=O) groups is 2. The van der Waals surface area contributed by atoms with E-state index in [1.807, 2.05) is 0 Å². The van der Waals surface area contributed by atoms with Gasteiger partial charge in [-0.1, -0.05) is 0 Å². The van der Waals surface area contributed by atoms with Gasteiger partial charge >= 0.3 is 5.97 Å². The lowest BCUT2D eigenvalue weighted by Crippen LogP contribution is -2.10. The molecule has 0 unspecified atom stereocenters. The number of nitrogen functional groups attached to an aromatic ring is 1. The third-order valence-electron chi connectivity index (χ3n) is 2.13. The summed E-state index contributed by atoms with van der Waals surface area (Å²) in [5.74, 6) is -0.512. The predicted molar refractivity (Wildman–Crippen MR) is 64.5 cm³/mol. The van der Waals surface area contributed by atoms with Crippen LogP contribution in [0, 0.1) is 0 Å². The number of aldehydes is 1. The molecule has 0 aliphatic heterocycles. The fraction of sp³-hybridized carbons (Fsp3) is 0.111. The molecular formula is C9H10ClN5O3. The smallest absolute Gasteiger partial charge is 0.323 e. The summed E-state index contributed by atoms with van der Waals surface area (Å²) in [4.78, 5) is 31.6. The summed E-state index contributed by atoms with van der Waals surface area (Å²) in [6.45, 7) is -0.278. The first-order chi connectivity index (χ1) is 8.11. The Kier molecular flexibility index (Phi) is 4.05. The van der Waals surface area contributed by atoms with Crippen LogP contribution >= 0.6 is 12.4 Å². The molecule has 0 saturated carbocycles. The largest absolute Gasteiger partial charge is 0.480 e. The molecule has 0 bridgehead atoms. The number of aliphatic carboxylic acids is 1. The number of hydrogen-bond acceptors (Lipinski definition) is 5. The van der Waals surface area contributed by atoms with E-state index in [2.05, 4.69) is 15.0 Å². The van der Waals surface area contributed by atoms with Crippen molar-refractivity contribution in [3.63, 3.8) is 0 Å². The van der Waals surface area contributed by atoms with Gasteiger partial charge in [0.15, 0.2) is 12.1 Å². The van der Waals surface area contributed by atoms with E-state index in [9.17, 15) is 9.59 Å². The normalized spacial score (nSPS) is 9.78. The van der Waals surface area contributed by atoms with E-state index in [1.54, 1.807) is 0 Å². The van der Waals surface area contributed by atoms with Crippen molar-refractivity contribution in [1.29, 1.82) is 0 Å². The van der Waals surface area contributed by atoms with Gasteiger partial charge in [-0.25, -0.2) is 9.97 Å². The van der Waals surface area contributed by atoms with Crippen molar-refractivity contribution in [3.05, 3.63) is 18.2 Å². The monoisotopic (exact) mass is 271 g/mol. The molecule has 0 aromatic carbocycles. The van der Waals surface area contributed by atoms with Gasteiger partial charge in [0.25, 0.3) is 0 Å². The number of carboxylic acid groups (broad SMARTS) is 1. The first-order valence-electron chi connectivity index (χ1n) is 4.64. The van der Waals surface area contributed by atoms with Crippen LogP contribution in [0.5, 0.6) is 0 Å². The molecule has 0 atom stereocenters. The van der Waals surface area contributed by atoms with Crippen molar-refractivity contribution in [3.8, 4) is 11.5 Å². The van der Waals surface area contributed by atoms with Gasteiger partial charge in [0, 0.05) is 0 Å². The highest BCUT2D eigenvalue weighted by molar-refractivity contribution is 5.85. The highest BCUT2D eigenvalue weighted by Crippen LogP contribution is 2.20. The molecule has 2 rings (SSSR count). The molecule has 0 amide bonds.